The average molecular weight is 437 g/mol. The van der Waals surface area contributed by atoms with Crippen molar-refractivity contribution in [2.45, 2.75) is 38.5 Å². The summed E-state index contributed by atoms with van der Waals surface area (Å²) in [5.41, 5.74) is 1.29. The van der Waals surface area contributed by atoms with Gasteiger partial charge in [-0.05, 0) is 43.2 Å². The summed E-state index contributed by atoms with van der Waals surface area (Å²) in [5, 5.41) is 0. The van der Waals surface area contributed by atoms with Crippen LogP contribution in [0.25, 0.3) is 0 Å². The lowest BCUT2D eigenvalue weighted by molar-refractivity contribution is -0.133. The Kier molecular flexibility index (Phi) is 7.69. The first-order chi connectivity index (χ1) is 15.7. The number of benzene rings is 1. The molecule has 2 saturated heterocycles. The van der Waals surface area contributed by atoms with E-state index >= 15 is 0 Å². The second-order valence-corrected chi connectivity index (χ2v) is 8.87. The molecule has 1 atom stereocenters. The number of aryl methyl sites for hydroxylation is 1. The van der Waals surface area contributed by atoms with Crippen LogP contribution in [0.3, 0.4) is 0 Å². The van der Waals surface area contributed by atoms with Crippen molar-refractivity contribution in [2.75, 3.05) is 32.8 Å². The van der Waals surface area contributed by atoms with Gasteiger partial charge in [0.25, 0.3) is 0 Å². The molecule has 0 N–H and O–H groups in total. The molecule has 0 radical (unpaired) electrons. The summed E-state index contributed by atoms with van der Waals surface area (Å²) in [6.07, 6.45) is 8.19. The van der Waals surface area contributed by atoms with E-state index in [4.69, 9.17) is 4.74 Å². The van der Waals surface area contributed by atoms with Crippen LogP contribution in [-0.4, -0.2) is 64.4 Å². The van der Waals surface area contributed by atoms with Gasteiger partial charge in [0.2, 0.25) is 11.8 Å². The Bertz CT molecular complexity index is 869. The molecular weight excluding hydrogens is 404 g/mol. The van der Waals surface area contributed by atoms with E-state index in [2.05, 4.69) is 22.1 Å². The number of carbonyl (C=O) groups is 2. The molecule has 0 spiro atoms. The van der Waals surface area contributed by atoms with Crippen LogP contribution in [0.2, 0.25) is 0 Å². The Labute approximate surface area is 189 Å². The molecule has 2 aromatic rings. The van der Waals surface area contributed by atoms with E-state index in [-0.39, 0.29) is 17.7 Å². The van der Waals surface area contributed by atoms with Gasteiger partial charge >= 0.3 is 6.01 Å². The van der Waals surface area contributed by atoms with Crippen molar-refractivity contribution in [1.82, 2.24) is 19.8 Å². The lowest BCUT2D eigenvalue weighted by Gasteiger charge is -2.34. The first-order valence-corrected chi connectivity index (χ1v) is 11.7. The highest BCUT2D eigenvalue weighted by Crippen LogP contribution is 2.24. The maximum Gasteiger partial charge on any atom is 0.316 e. The lowest BCUT2D eigenvalue weighted by Crippen LogP contribution is -2.42. The fraction of sp³-hybridized carbons (Fsp3) is 0.520. The fourth-order valence-corrected chi connectivity index (χ4v) is 4.62. The first kappa shape index (κ1) is 22.2. The van der Waals surface area contributed by atoms with Gasteiger partial charge in [-0.15, -0.1) is 0 Å². The largest absolute Gasteiger partial charge is 0.463 e. The molecule has 0 aliphatic carbocycles. The van der Waals surface area contributed by atoms with Gasteiger partial charge in [-0.1, -0.05) is 30.3 Å². The van der Waals surface area contributed by atoms with Crippen molar-refractivity contribution < 1.29 is 14.3 Å². The number of hydrogen-bond acceptors (Lipinski definition) is 5. The highest BCUT2D eigenvalue weighted by Gasteiger charge is 2.33. The molecule has 32 heavy (non-hydrogen) atoms. The molecule has 2 fully saturated rings. The van der Waals surface area contributed by atoms with Crippen LogP contribution in [0, 0.1) is 11.8 Å². The minimum Gasteiger partial charge on any atom is -0.463 e. The normalized spacial score (nSPS) is 19.4. The fourth-order valence-electron chi connectivity index (χ4n) is 4.62. The van der Waals surface area contributed by atoms with E-state index in [1.54, 1.807) is 18.5 Å². The van der Waals surface area contributed by atoms with Crippen molar-refractivity contribution in [2.24, 2.45) is 11.8 Å². The molecule has 0 bridgehead atoms. The first-order valence-electron chi connectivity index (χ1n) is 11.7. The van der Waals surface area contributed by atoms with Gasteiger partial charge in [-0.25, -0.2) is 9.97 Å². The number of hydrogen-bond donors (Lipinski definition) is 0. The average Bonchev–Trinajstić information content (AvgIpc) is 3.18. The van der Waals surface area contributed by atoms with E-state index in [9.17, 15) is 9.59 Å². The number of carbonyl (C=O) groups excluding carboxylic acids is 2. The van der Waals surface area contributed by atoms with Crippen LogP contribution in [0.5, 0.6) is 6.01 Å². The number of amides is 2. The van der Waals surface area contributed by atoms with Gasteiger partial charge < -0.3 is 14.5 Å². The number of aromatic nitrogens is 2. The summed E-state index contributed by atoms with van der Waals surface area (Å²) in [6, 6.07) is 12.4. The van der Waals surface area contributed by atoms with Crippen molar-refractivity contribution >= 4 is 11.8 Å². The SMILES string of the molecule is O=C(CCCc1ccccc1)N1CCC(CN2CC(COc3ncccn3)CC2=O)CC1. The van der Waals surface area contributed by atoms with E-state index in [0.717, 1.165) is 51.9 Å². The molecule has 170 valence electrons. The second kappa shape index (κ2) is 11.1. The van der Waals surface area contributed by atoms with Crippen LogP contribution >= 0.6 is 0 Å². The summed E-state index contributed by atoms with van der Waals surface area (Å²) in [4.78, 5) is 37.1. The minimum atomic E-state index is 0.178. The molecule has 2 aliphatic rings. The molecule has 0 saturated carbocycles. The Hall–Kier alpha value is -2.96. The summed E-state index contributed by atoms with van der Waals surface area (Å²) in [5.74, 6) is 1.10. The topological polar surface area (TPSA) is 75.6 Å². The van der Waals surface area contributed by atoms with Gasteiger partial charge in [0.05, 0.1) is 6.61 Å². The smallest absolute Gasteiger partial charge is 0.316 e. The van der Waals surface area contributed by atoms with Crippen LogP contribution in [0.4, 0.5) is 0 Å². The lowest BCUT2D eigenvalue weighted by atomic mass is 9.95. The molecule has 7 heteroatoms. The van der Waals surface area contributed by atoms with E-state index in [1.807, 2.05) is 28.0 Å². The second-order valence-electron chi connectivity index (χ2n) is 8.87. The van der Waals surface area contributed by atoms with Gasteiger partial charge in [-0.2, -0.15) is 0 Å². The predicted molar refractivity (Wildman–Crippen MR) is 121 cm³/mol. The van der Waals surface area contributed by atoms with Crippen molar-refractivity contribution in [3.63, 3.8) is 0 Å². The summed E-state index contributed by atoms with van der Waals surface area (Å²) >= 11 is 0. The van der Waals surface area contributed by atoms with Gasteiger partial charge in [0.15, 0.2) is 0 Å². The van der Waals surface area contributed by atoms with Crippen LogP contribution in [0.1, 0.15) is 37.7 Å². The Morgan fingerprint density at radius 2 is 1.78 bits per heavy atom. The summed E-state index contributed by atoms with van der Waals surface area (Å²) in [6.45, 7) is 3.57. The third-order valence-electron chi connectivity index (χ3n) is 6.43. The number of likely N-dealkylation sites (tertiary alicyclic amines) is 2. The molecule has 1 aromatic carbocycles. The van der Waals surface area contributed by atoms with E-state index in [1.165, 1.54) is 5.56 Å². The molecule has 4 rings (SSSR count). The molecule has 1 unspecified atom stereocenters. The van der Waals surface area contributed by atoms with Crippen molar-refractivity contribution in [3.05, 3.63) is 54.4 Å². The van der Waals surface area contributed by atoms with Crippen LogP contribution < -0.4 is 4.74 Å². The molecular formula is C25H32N4O3. The number of ether oxygens (including phenoxy) is 1. The monoisotopic (exact) mass is 436 g/mol. The van der Waals surface area contributed by atoms with Gasteiger partial charge in [-0.3, -0.25) is 9.59 Å². The van der Waals surface area contributed by atoms with Gasteiger partial charge in [0, 0.05) is 57.3 Å². The third-order valence-corrected chi connectivity index (χ3v) is 6.43. The zero-order valence-electron chi connectivity index (χ0n) is 18.6. The molecule has 2 amide bonds. The molecule has 7 nitrogen and oxygen atoms in total. The van der Waals surface area contributed by atoms with Gasteiger partial charge in [0.1, 0.15) is 0 Å². The Balaban J connectivity index is 1.14. The van der Waals surface area contributed by atoms with E-state index in [0.29, 0.717) is 31.4 Å². The Morgan fingerprint density at radius 1 is 1.03 bits per heavy atom. The molecule has 3 heterocycles. The summed E-state index contributed by atoms with van der Waals surface area (Å²) in [7, 11) is 0. The van der Waals surface area contributed by atoms with Crippen molar-refractivity contribution in [1.29, 1.82) is 0 Å². The highest BCUT2D eigenvalue weighted by molar-refractivity contribution is 5.78. The third kappa shape index (κ3) is 6.28. The zero-order valence-corrected chi connectivity index (χ0v) is 18.6. The predicted octanol–water partition coefficient (Wildman–Crippen LogP) is 2.97. The highest BCUT2D eigenvalue weighted by atomic mass is 16.5. The van der Waals surface area contributed by atoms with Crippen LogP contribution in [-0.2, 0) is 16.0 Å². The number of nitrogens with zero attached hydrogens (tertiary/aromatic N) is 4. The number of rotatable bonds is 9. The van der Waals surface area contributed by atoms with E-state index < -0.39 is 0 Å². The van der Waals surface area contributed by atoms with Crippen molar-refractivity contribution in [3.8, 4) is 6.01 Å². The maximum absolute atomic E-state index is 12.6. The molecule has 2 aliphatic heterocycles. The Morgan fingerprint density at radius 3 is 2.53 bits per heavy atom. The van der Waals surface area contributed by atoms with Crippen LogP contribution in [0.15, 0.2) is 48.8 Å². The quantitative estimate of drug-likeness (QED) is 0.604. The standard InChI is InChI=1S/C25H32N4O3/c30-23(9-4-8-20-6-2-1-3-7-20)28-14-10-21(11-15-28)17-29-18-22(16-24(29)31)19-32-25-26-12-5-13-27-25/h1-3,5-7,12-13,21-22H,4,8-11,14-19H2. The maximum atomic E-state index is 12.6. The number of piperidine rings is 1. The summed E-state index contributed by atoms with van der Waals surface area (Å²) < 4.78 is 5.63. The minimum absolute atomic E-state index is 0.178. The molecule has 1 aromatic heterocycles. The zero-order chi connectivity index (χ0) is 22.2.